The second-order valence-electron chi connectivity index (χ2n) is 5.02. The molecule has 1 aromatic rings. The zero-order chi connectivity index (χ0) is 12.5. The third-order valence-corrected chi connectivity index (χ3v) is 3.46. The van der Waals surface area contributed by atoms with Crippen molar-refractivity contribution in [1.82, 2.24) is 0 Å². The van der Waals surface area contributed by atoms with Crippen LogP contribution in [-0.4, -0.2) is 19.1 Å². The van der Waals surface area contributed by atoms with Crippen molar-refractivity contribution < 1.29 is 14.3 Å². The summed E-state index contributed by atoms with van der Waals surface area (Å²) in [5, 5.41) is 2.93. The zero-order valence-corrected chi connectivity index (χ0v) is 10.4. The molecule has 1 N–H and O–H groups in total. The summed E-state index contributed by atoms with van der Waals surface area (Å²) in [6.07, 6.45) is 1.88. The Hall–Kier alpha value is -1.71. The van der Waals surface area contributed by atoms with Crippen LogP contribution in [0, 0.1) is 11.8 Å². The van der Waals surface area contributed by atoms with Crippen molar-refractivity contribution in [3.8, 4) is 11.5 Å². The fraction of sp³-hybridized carbons (Fsp3) is 0.500. The molecular formula is C14H17NO3. The van der Waals surface area contributed by atoms with Crippen LogP contribution >= 0.6 is 0 Å². The SMILES string of the molecule is C[C@H]1C[C@@H]1C(=O)Nc1ccc2c(c1)OCCCO2. The Balaban J connectivity index is 1.73. The van der Waals surface area contributed by atoms with E-state index in [0.29, 0.717) is 24.9 Å². The Kier molecular flexibility index (Phi) is 2.86. The number of hydrogen-bond donors (Lipinski definition) is 1. The zero-order valence-electron chi connectivity index (χ0n) is 10.4. The molecule has 1 heterocycles. The van der Waals surface area contributed by atoms with E-state index in [1.807, 2.05) is 18.2 Å². The molecule has 1 fully saturated rings. The molecule has 0 bridgehead atoms. The number of rotatable bonds is 2. The van der Waals surface area contributed by atoms with Crippen LogP contribution in [-0.2, 0) is 4.79 Å². The predicted octanol–water partition coefficient (Wildman–Crippen LogP) is 2.44. The standard InChI is InChI=1S/C14H17NO3/c1-9-7-11(9)14(16)15-10-3-4-12-13(8-10)18-6-2-5-17-12/h3-4,8-9,11H,2,5-7H2,1H3,(H,15,16)/t9-,11-/m0/s1. The van der Waals surface area contributed by atoms with Gasteiger partial charge in [0.05, 0.1) is 13.2 Å². The lowest BCUT2D eigenvalue weighted by atomic mass is 10.2. The number of hydrogen-bond acceptors (Lipinski definition) is 3. The van der Waals surface area contributed by atoms with Gasteiger partial charge in [0.15, 0.2) is 11.5 Å². The van der Waals surface area contributed by atoms with Crippen LogP contribution in [0.1, 0.15) is 19.8 Å². The second kappa shape index (κ2) is 4.52. The van der Waals surface area contributed by atoms with E-state index < -0.39 is 0 Å². The highest BCUT2D eigenvalue weighted by Crippen LogP contribution is 2.39. The summed E-state index contributed by atoms with van der Waals surface area (Å²) in [6.45, 7) is 3.43. The van der Waals surface area contributed by atoms with Crippen LogP contribution in [0.3, 0.4) is 0 Å². The lowest BCUT2D eigenvalue weighted by molar-refractivity contribution is -0.117. The van der Waals surface area contributed by atoms with Gasteiger partial charge < -0.3 is 14.8 Å². The molecule has 1 aromatic carbocycles. The van der Waals surface area contributed by atoms with Gasteiger partial charge in [0.2, 0.25) is 5.91 Å². The minimum absolute atomic E-state index is 0.108. The number of benzene rings is 1. The van der Waals surface area contributed by atoms with E-state index in [4.69, 9.17) is 9.47 Å². The van der Waals surface area contributed by atoms with Gasteiger partial charge in [-0.05, 0) is 24.5 Å². The molecule has 4 nitrogen and oxygen atoms in total. The number of carbonyl (C=O) groups excluding carboxylic acids is 1. The van der Waals surface area contributed by atoms with Crippen molar-refractivity contribution in [1.29, 1.82) is 0 Å². The number of amides is 1. The summed E-state index contributed by atoms with van der Waals surface area (Å²) in [5.74, 6) is 2.28. The van der Waals surface area contributed by atoms with E-state index in [0.717, 1.165) is 24.3 Å². The summed E-state index contributed by atoms with van der Waals surface area (Å²) < 4.78 is 11.1. The lowest BCUT2D eigenvalue weighted by Gasteiger charge is -2.10. The average molecular weight is 247 g/mol. The number of anilines is 1. The van der Waals surface area contributed by atoms with Gasteiger partial charge in [-0.25, -0.2) is 0 Å². The van der Waals surface area contributed by atoms with Gasteiger partial charge in [0, 0.05) is 24.1 Å². The molecule has 1 aliphatic heterocycles. The van der Waals surface area contributed by atoms with E-state index in [1.54, 1.807) is 0 Å². The number of nitrogens with one attached hydrogen (secondary N) is 1. The third-order valence-electron chi connectivity index (χ3n) is 3.46. The van der Waals surface area contributed by atoms with E-state index in [9.17, 15) is 4.79 Å². The van der Waals surface area contributed by atoms with E-state index in [1.165, 1.54) is 0 Å². The first-order valence-electron chi connectivity index (χ1n) is 6.44. The molecule has 0 aromatic heterocycles. The molecule has 0 unspecified atom stereocenters. The third kappa shape index (κ3) is 2.28. The van der Waals surface area contributed by atoms with Gasteiger partial charge in [-0.1, -0.05) is 6.92 Å². The van der Waals surface area contributed by atoms with Gasteiger partial charge in [-0.2, -0.15) is 0 Å². The van der Waals surface area contributed by atoms with Crippen LogP contribution in [0.25, 0.3) is 0 Å². The topological polar surface area (TPSA) is 47.6 Å². The van der Waals surface area contributed by atoms with Gasteiger partial charge in [0.1, 0.15) is 0 Å². The van der Waals surface area contributed by atoms with Gasteiger partial charge in [-0.15, -0.1) is 0 Å². The van der Waals surface area contributed by atoms with Crippen LogP contribution in [0.2, 0.25) is 0 Å². The maximum absolute atomic E-state index is 11.8. The van der Waals surface area contributed by atoms with Crippen LogP contribution in [0.5, 0.6) is 11.5 Å². The normalized spacial score (nSPS) is 25.2. The lowest BCUT2D eigenvalue weighted by Crippen LogP contribution is -2.14. The minimum Gasteiger partial charge on any atom is -0.490 e. The molecule has 0 spiro atoms. The molecule has 1 saturated carbocycles. The van der Waals surface area contributed by atoms with E-state index in [2.05, 4.69) is 12.2 Å². The van der Waals surface area contributed by atoms with Gasteiger partial charge in [0.25, 0.3) is 0 Å². The van der Waals surface area contributed by atoms with Gasteiger partial charge in [-0.3, -0.25) is 4.79 Å². The molecule has 1 amide bonds. The van der Waals surface area contributed by atoms with Crippen molar-refractivity contribution in [2.45, 2.75) is 19.8 Å². The molecular weight excluding hydrogens is 230 g/mol. The molecule has 3 rings (SSSR count). The minimum atomic E-state index is 0.108. The molecule has 0 radical (unpaired) electrons. The van der Waals surface area contributed by atoms with Crippen LogP contribution < -0.4 is 14.8 Å². The number of ether oxygens (including phenoxy) is 2. The van der Waals surface area contributed by atoms with Crippen molar-refractivity contribution in [2.75, 3.05) is 18.5 Å². The van der Waals surface area contributed by atoms with E-state index in [-0.39, 0.29) is 11.8 Å². The fourth-order valence-corrected chi connectivity index (χ4v) is 2.16. The highest BCUT2D eigenvalue weighted by Gasteiger charge is 2.39. The Labute approximate surface area is 106 Å². The van der Waals surface area contributed by atoms with Crippen molar-refractivity contribution in [3.05, 3.63) is 18.2 Å². The largest absolute Gasteiger partial charge is 0.490 e. The summed E-state index contributed by atoms with van der Waals surface area (Å²) in [7, 11) is 0. The van der Waals surface area contributed by atoms with Crippen LogP contribution in [0.4, 0.5) is 5.69 Å². The maximum Gasteiger partial charge on any atom is 0.227 e. The molecule has 96 valence electrons. The fourth-order valence-electron chi connectivity index (χ4n) is 2.16. The highest BCUT2D eigenvalue weighted by atomic mass is 16.5. The van der Waals surface area contributed by atoms with Crippen molar-refractivity contribution >= 4 is 11.6 Å². The van der Waals surface area contributed by atoms with Crippen molar-refractivity contribution in [2.24, 2.45) is 11.8 Å². The Morgan fingerprint density at radius 3 is 2.72 bits per heavy atom. The number of fused-ring (bicyclic) bond motifs is 1. The second-order valence-corrected chi connectivity index (χ2v) is 5.02. The Morgan fingerprint density at radius 2 is 2.00 bits per heavy atom. The predicted molar refractivity (Wildman–Crippen MR) is 67.9 cm³/mol. The molecule has 2 atom stereocenters. The van der Waals surface area contributed by atoms with Crippen molar-refractivity contribution in [3.63, 3.8) is 0 Å². The summed E-state index contributed by atoms with van der Waals surface area (Å²) >= 11 is 0. The van der Waals surface area contributed by atoms with E-state index >= 15 is 0 Å². The summed E-state index contributed by atoms with van der Waals surface area (Å²) in [4.78, 5) is 11.8. The Bertz CT molecular complexity index is 472. The summed E-state index contributed by atoms with van der Waals surface area (Å²) in [5.41, 5.74) is 0.781. The maximum atomic E-state index is 11.8. The first kappa shape index (κ1) is 11.4. The molecule has 18 heavy (non-hydrogen) atoms. The highest BCUT2D eigenvalue weighted by molar-refractivity contribution is 5.94. The molecule has 4 heteroatoms. The van der Waals surface area contributed by atoms with Crippen LogP contribution in [0.15, 0.2) is 18.2 Å². The average Bonchev–Trinajstić information content (AvgIpc) is 3.11. The molecule has 0 saturated heterocycles. The number of carbonyl (C=O) groups is 1. The smallest absolute Gasteiger partial charge is 0.227 e. The molecule has 2 aliphatic rings. The first-order chi connectivity index (χ1) is 8.74. The van der Waals surface area contributed by atoms with Gasteiger partial charge >= 0.3 is 0 Å². The Morgan fingerprint density at radius 1 is 1.28 bits per heavy atom. The molecule has 1 aliphatic carbocycles. The first-order valence-corrected chi connectivity index (χ1v) is 6.44. The summed E-state index contributed by atoms with van der Waals surface area (Å²) in [6, 6.07) is 5.55. The quantitative estimate of drug-likeness (QED) is 0.873. The monoisotopic (exact) mass is 247 g/mol.